The molecule has 2 aromatic heterocycles. The van der Waals surface area contributed by atoms with Crippen molar-refractivity contribution in [3.63, 3.8) is 0 Å². The number of ether oxygens (including phenoxy) is 1. The number of pyridine rings is 1. The van der Waals surface area contributed by atoms with E-state index in [1.807, 2.05) is 12.4 Å². The molecule has 0 spiro atoms. The highest BCUT2D eigenvalue weighted by Crippen LogP contribution is 2.50. The molecule has 2 N–H and O–H groups in total. The molecule has 5 rings (SSSR count). The molecule has 3 aromatic rings. The van der Waals surface area contributed by atoms with Crippen LogP contribution in [-0.4, -0.2) is 53.3 Å². The molecule has 0 bridgehead atoms. The first-order chi connectivity index (χ1) is 16.3. The average Bonchev–Trinajstić information content (AvgIpc) is 3.34. The quantitative estimate of drug-likeness (QED) is 0.526. The van der Waals surface area contributed by atoms with E-state index < -0.39 is 5.60 Å². The van der Waals surface area contributed by atoms with E-state index in [0.717, 1.165) is 61.5 Å². The van der Waals surface area contributed by atoms with Gasteiger partial charge in [-0.25, -0.2) is 0 Å². The van der Waals surface area contributed by atoms with Crippen LogP contribution in [-0.2, 0) is 10.3 Å². The van der Waals surface area contributed by atoms with Crippen molar-refractivity contribution in [2.24, 2.45) is 5.41 Å². The number of H-pyrrole nitrogens is 1. The second-order valence-corrected chi connectivity index (χ2v) is 10.9. The van der Waals surface area contributed by atoms with Crippen LogP contribution in [0.25, 0.3) is 11.3 Å². The number of aromatic amines is 1. The number of rotatable bonds is 6. The number of benzene rings is 1. The third kappa shape index (κ3) is 4.00. The largest absolute Gasteiger partial charge is 0.381 e. The maximum Gasteiger partial charge on any atom is 0.124 e. The van der Waals surface area contributed by atoms with E-state index in [2.05, 4.69) is 85.2 Å². The minimum atomic E-state index is -1.13. The Kier molecular flexibility index (Phi) is 6.13. The summed E-state index contributed by atoms with van der Waals surface area (Å²) < 4.78 is 5.53. The highest BCUT2D eigenvalue weighted by Gasteiger charge is 2.55. The lowest BCUT2D eigenvalue weighted by Crippen LogP contribution is -2.63. The molecule has 0 unspecified atom stereocenters. The minimum absolute atomic E-state index is 0.301. The van der Waals surface area contributed by atoms with Gasteiger partial charge < -0.3 is 19.7 Å². The summed E-state index contributed by atoms with van der Waals surface area (Å²) >= 11 is 0. The Hall–Kier alpha value is -2.47. The van der Waals surface area contributed by atoms with Gasteiger partial charge in [-0.3, -0.25) is 4.98 Å². The zero-order valence-electron chi connectivity index (χ0n) is 20.8. The van der Waals surface area contributed by atoms with Gasteiger partial charge in [0, 0.05) is 72.5 Å². The number of aliphatic hydroxyl groups is 1. The van der Waals surface area contributed by atoms with Crippen LogP contribution in [0, 0.1) is 5.41 Å². The van der Waals surface area contributed by atoms with Gasteiger partial charge in [-0.15, -0.1) is 0 Å². The molecule has 1 atom stereocenters. The molecule has 5 heteroatoms. The van der Waals surface area contributed by atoms with Gasteiger partial charge in [-0.1, -0.05) is 45.0 Å². The Bertz CT molecular complexity index is 1120. The summed E-state index contributed by atoms with van der Waals surface area (Å²) in [6.45, 7) is 9.89. The smallest absolute Gasteiger partial charge is 0.124 e. The molecule has 2 aliphatic rings. The van der Waals surface area contributed by atoms with Crippen molar-refractivity contribution in [3.05, 3.63) is 77.2 Å². The van der Waals surface area contributed by atoms with Gasteiger partial charge in [0.1, 0.15) is 5.60 Å². The second-order valence-electron chi connectivity index (χ2n) is 10.9. The zero-order chi connectivity index (χ0) is 23.9. The SMILES string of the molecule is CC(C)c1ccc([C@](O)(c2cncc(-c3ccc(C4CCOCC4)[nH]3)c2)C2(C)CN(C)C2)cc1. The van der Waals surface area contributed by atoms with E-state index in [-0.39, 0.29) is 5.41 Å². The van der Waals surface area contributed by atoms with Gasteiger partial charge in [0.05, 0.1) is 0 Å². The van der Waals surface area contributed by atoms with E-state index in [0.29, 0.717) is 11.8 Å². The van der Waals surface area contributed by atoms with Crippen LogP contribution in [0.2, 0.25) is 0 Å². The van der Waals surface area contributed by atoms with E-state index >= 15 is 0 Å². The Morgan fingerprint density at radius 3 is 2.41 bits per heavy atom. The molecule has 0 amide bonds. The van der Waals surface area contributed by atoms with Gasteiger partial charge in [-0.2, -0.15) is 0 Å². The van der Waals surface area contributed by atoms with Crippen molar-refractivity contribution < 1.29 is 9.84 Å². The molecule has 180 valence electrons. The highest BCUT2D eigenvalue weighted by molar-refractivity contribution is 5.61. The van der Waals surface area contributed by atoms with Crippen LogP contribution in [0.15, 0.2) is 54.9 Å². The lowest BCUT2D eigenvalue weighted by atomic mass is 9.62. The van der Waals surface area contributed by atoms with Gasteiger partial charge >= 0.3 is 0 Å². The molecule has 2 aliphatic heterocycles. The lowest BCUT2D eigenvalue weighted by Gasteiger charge is -2.55. The molecule has 0 aliphatic carbocycles. The lowest BCUT2D eigenvalue weighted by molar-refractivity contribution is -0.127. The molecule has 0 saturated carbocycles. The number of hydrogen-bond acceptors (Lipinski definition) is 4. The summed E-state index contributed by atoms with van der Waals surface area (Å²) in [5.74, 6) is 0.967. The molecule has 0 radical (unpaired) electrons. The van der Waals surface area contributed by atoms with Crippen LogP contribution >= 0.6 is 0 Å². The number of aromatic nitrogens is 2. The Labute approximate surface area is 203 Å². The highest BCUT2D eigenvalue weighted by atomic mass is 16.5. The first-order valence-electron chi connectivity index (χ1n) is 12.5. The van der Waals surface area contributed by atoms with E-state index in [1.54, 1.807) is 0 Å². The molecular weight excluding hydrogens is 422 g/mol. The summed E-state index contributed by atoms with van der Waals surface area (Å²) in [4.78, 5) is 10.5. The molecule has 5 nitrogen and oxygen atoms in total. The Balaban J connectivity index is 1.53. The summed E-state index contributed by atoms with van der Waals surface area (Å²) in [5, 5.41) is 12.5. The van der Waals surface area contributed by atoms with Crippen molar-refractivity contribution in [1.29, 1.82) is 0 Å². The topological polar surface area (TPSA) is 61.4 Å². The zero-order valence-corrected chi connectivity index (χ0v) is 20.8. The van der Waals surface area contributed by atoms with Crippen molar-refractivity contribution in [1.82, 2.24) is 14.9 Å². The normalized spacial score (nSPS) is 20.8. The maximum atomic E-state index is 12.5. The molecule has 34 heavy (non-hydrogen) atoms. The number of likely N-dealkylation sites (tertiary alicyclic amines) is 1. The van der Waals surface area contributed by atoms with Crippen molar-refractivity contribution >= 4 is 0 Å². The summed E-state index contributed by atoms with van der Waals surface area (Å²) in [6, 6.07) is 15.0. The average molecular weight is 460 g/mol. The second kappa shape index (κ2) is 8.95. The van der Waals surface area contributed by atoms with Gasteiger partial charge in [0.2, 0.25) is 0 Å². The van der Waals surface area contributed by atoms with Crippen LogP contribution in [0.5, 0.6) is 0 Å². The summed E-state index contributed by atoms with van der Waals surface area (Å²) in [6.07, 6.45) is 5.83. The van der Waals surface area contributed by atoms with Gasteiger partial charge in [0.15, 0.2) is 0 Å². The third-order valence-corrected chi connectivity index (χ3v) is 7.94. The fraction of sp³-hybridized carbons (Fsp3) is 0.483. The Morgan fingerprint density at radius 2 is 1.76 bits per heavy atom. The molecule has 4 heterocycles. The molecular formula is C29H37N3O2. The molecule has 2 saturated heterocycles. The third-order valence-electron chi connectivity index (χ3n) is 7.94. The van der Waals surface area contributed by atoms with Gasteiger partial charge in [-0.05, 0) is 55.1 Å². The predicted molar refractivity (Wildman–Crippen MR) is 136 cm³/mol. The molecule has 1 aromatic carbocycles. The van der Waals surface area contributed by atoms with E-state index in [1.165, 1.54) is 11.3 Å². The van der Waals surface area contributed by atoms with Crippen molar-refractivity contribution in [3.8, 4) is 11.3 Å². The first kappa shape index (κ1) is 23.3. The predicted octanol–water partition coefficient (Wildman–Crippen LogP) is 5.28. The first-order valence-corrected chi connectivity index (χ1v) is 12.5. The van der Waals surface area contributed by atoms with Gasteiger partial charge in [0.25, 0.3) is 0 Å². The van der Waals surface area contributed by atoms with E-state index in [9.17, 15) is 5.11 Å². The standard InChI is InChI=1S/C29H37N3O2/c1-20(2)21-5-7-24(8-6-21)29(33,28(3)18-32(4)19-28)25-15-23(16-30-17-25)27-10-9-26(31-27)22-11-13-34-14-12-22/h5-10,15-17,20,22,31,33H,11-14,18-19H2,1-4H3/t29-/m0/s1. The fourth-order valence-electron chi connectivity index (χ4n) is 5.96. The van der Waals surface area contributed by atoms with E-state index in [4.69, 9.17) is 4.74 Å². The summed E-state index contributed by atoms with van der Waals surface area (Å²) in [5.41, 5.74) is 4.93. The monoisotopic (exact) mass is 459 g/mol. The van der Waals surface area contributed by atoms with Crippen molar-refractivity contribution in [2.45, 2.75) is 51.0 Å². The Morgan fingerprint density at radius 1 is 1.06 bits per heavy atom. The minimum Gasteiger partial charge on any atom is -0.381 e. The maximum absolute atomic E-state index is 12.5. The van der Waals surface area contributed by atoms with Crippen molar-refractivity contribution in [2.75, 3.05) is 33.4 Å². The van der Waals surface area contributed by atoms with Crippen LogP contribution in [0.4, 0.5) is 0 Å². The fourth-order valence-corrected chi connectivity index (χ4v) is 5.96. The summed E-state index contributed by atoms with van der Waals surface area (Å²) in [7, 11) is 2.11. The molecule has 2 fully saturated rings. The number of nitrogens with one attached hydrogen (secondary N) is 1. The number of hydrogen-bond donors (Lipinski definition) is 2. The number of nitrogens with zero attached hydrogens (tertiary/aromatic N) is 2. The van der Waals surface area contributed by atoms with Crippen LogP contribution < -0.4 is 0 Å². The van der Waals surface area contributed by atoms with Crippen LogP contribution in [0.1, 0.15) is 67.8 Å². The van der Waals surface area contributed by atoms with Crippen LogP contribution in [0.3, 0.4) is 0 Å².